The zero-order chi connectivity index (χ0) is 24.4. The lowest BCUT2D eigenvalue weighted by Gasteiger charge is -2.18. The molecule has 0 bridgehead atoms. The highest BCUT2D eigenvalue weighted by molar-refractivity contribution is 6.31. The molecule has 0 unspecified atom stereocenters. The minimum Gasteiger partial charge on any atom is -0.360 e. The monoisotopic (exact) mass is 482 g/mol. The third-order valence-corrected chi connectivity index (χ3v) is 6.68. The number of aromatic amines is 1. The van der Waals surface area contributed by atoms with Crippen LogP contribution in [0.25, 0.3) is 22.0 Å². The molecule has 35 heavy (non-hydrogen) atoms. The number of ketones is 1. The predicted octanol–water partition coefficient (Wildman–Crippen LogP) is 6.29. The topological polar surface area (TPSA) is 62.7 Å². The number of rotatable bonds is 8. The Morgan fingerprint density at radius 3 is 2.66 bits per heavy atom. The molecule has 0 aliphatic heterocycles. The molecule has 0 fully saturated rings. The Morgan fingerprint density at radius 1 is 1.09 bits per heavy atom. The number of aryl methyl sites for hydroxylation is 2. The lowest BCUT2D eigenvalue weighted by atomic mass is 9.96. The van der Waals surface area contributed by atoms with E-state index in [9.17, 15) is 4.79 Å². The van der Waals surface area contributed by atoms with E-state index in [0.717, 1.165) is 50.2 Å². The van der Waals surface area contributed by atoms with Crippen LogP contribution >= 0.6 is 11.6 Å². The van der Waals surface area contributed by atoms with Gasteiger partial charge in [0.25, 0.3) is 0 Å². The van der Waals surface area contributed by atoms with Gasteiger partial charge >= 0.3 is 0 Å². The van der Waals surface area contributed by atoms with Gasteiger partial charge in [-0.1, -0.05) is 66.2 Å². The highest BCUT2D eigenvalue weighted by atomic mass is 35.5. The Kier molecular flexibility index (Phi) is 6.53. The van der Waals surface area contributed by atoms with E-state index >= 15 is 0 Å². The molecule has 0 saturated heterocycles. The van der Waals surface area contributed by atoms with Crippen LogP contribution in [0.1, 0.15) is 33.1 Å². The Labute approximate surface area is 209 Å². The predicted molar refractivity (Wildman–Crippen MR) is 142 cm³/mol. The first kappa shape index (κ1) is 23.1. The smallest absolute Gasteiger partial charge is 0.186 e. The van der Waals surface area contributed by atoms with Gasteiger partial charge in [0.1, 0.15) is 0 Å². The number of nitrogens with zero attached hydrogens (tertiary/aromatic N) is 2. The molecule has 0 spiro atoms. The average molecular weight is 483 g/mol. The van der Waals surface area contributed by atoms with Crippen molar-refractivity contribution in [3.05, 3.63) is 113 Å². The number of halogens is 1. The van der Waals surface area contributed by atoms with Gasteiger partial charge in [-0.25, -0.2) is 0 Å². The van der Waals surface area contributed by atoms with Crippen LogP contribution in [0.3, 0.4) is 0 Å². The highest BCUT2D eigenvalue weighted by Gasteiger charge is 2.24. The molecule has 3 aromatic carbocycles. The van der Waals surface area contributed by atoms with Crippen LogP contribution in [-0.2, 0) is 13.5 Å². The van der Waals surface area contributed by atoms with Gasteiger partial charge < -0.3 is 10.3 Å². The number of H-pyrrole nitrogens is 1. The maximum Gasteiger partial charge on any atom is 0.186 e. The molecule has 2 aromatic heterocycles. The lowest BCUT2D eigenvalue weighted by Crippen LogP contribution is -2.30. The molecule has 0 radical (unpaired) electrons. The van der Waals surface area contributed by atoms with Crippen LogP contribution in [0.5, 0.6) is 0 Å². The van der Waals surface area contributed by atoms with Crippen LogP contribution in [-0.4, -0.2) is 27.1 Å². The Bertz CT molecular complexity index is 1490. The molecule has 0 aliphatic carbocycles. The number of hydrogen-bond acceptors (Lipinski definition) is 3. The van der Waals surface area contributed by atoms with Crippen molar-refractivity contribution in [2.45, 2.75) is 19.4 Å². The number of carbonyl (C=O) groups excluding carboxylic acids is 1. The van der Waals surface area contributed by atoms with Crippen LogP contribution in [0.4, 0.5) is 0 Å². The molecular weight excluding hydrogens is 456 g/mol. The first-order valence-electron chi connectivity index (χ1n) is 11.7. The van der Waals surface area contributed by atoms with Crippen LogP contribution < -0.4 is 5.32 Å². The lowest BCUT2D eigenvalue weighted by molar-refractivity contribution is 0.0945. The second kappa shape index (κ2) is 9.90. The van der Waals surface area contributed by atoms with E-state index in [1.807, 2.05) is 81.1 Å². The summed E-state index contributed by atoms with van der Waals surface area (Å²) in [6.45, 7) is 2.65. The molecule has 2 heterocycles. The Hall–Kier alpha value is -3.67. The third-order valence-electron chi connectivity index (χ3n) is 6.33. The van der Waals surface area contributed by atoms with Crippen molar-refractivity contribution in [3.8, 4) is 11.1 Å². The minimum atomic E-state index is -0.461. The Morgan fingerprint density at radius 2 is 1.91 bits per heavy atom. The average Bonchev–Trinajstić information content (AvgIpc) is 3.49. The van der Waals surface area contributed by atoms with Gasteiger partial charge in [-0.3, -0.25) is 9.48 Å². The summed E-state index contributed by atoms with van der Waals surface area (Å²) in [5.41, 5.74) is 6.83. The van der Waals surface area contributed by atoms with Crippen molar-refractivity contribution in [1.29, 1.82) is 0 Å². The zero-order valence-electron chi connectivity index (χ0n) is 19.8. The maximum absolute atomic E-state index is 13.8. The number of carbonyl (C=O) groups is 1. The van der Waals surface area contributed by atoms with Crippen molar-refractivity contribution < 1.29 is 4.79 Å². The molecule has 1 atom stereocenters. The van der Waals surface area contributed by atoms with E-state index in [-0.39, 0.29) is 5.78 Å². The largest absolute Gasteiger partial charge is 0.360 e. The summed E-state index contributed by atoms with van der Waals surface area (Å²) in [7, 11) is 1.90. The number of fused-ring (bicyclic) bond motifs is 1. The molecule has 0 saturated carbocycles. The van der Waals surface area contributed by atoms with Crippen molar-refractivity contribution in [3.63, 3.8) is 0 Å². The molecule has 0 aliphatic rings. The van der Waals surface area contributed by atoms with E-state index in [1.54, 1.807) is 4.68 Å². The van der Waals surface area contributed by atoms with Crippen LogP contribution in [0, 0.1) is 6.92 Å². The van der Waals surface area contributed by atoms with E-state index in [2.05, 4.69) is 33.6 Å². The summed E-state index contributed by atoms with van der Waals surface area (Å²) in [5, 5.41) is 9.41. The molecule has 5 aromatic rings. The second-order valence-electron chi connectivity index (χ2n) is 8.87. The van der Waals surface area contributed by atoms with Gasteiger partial charge in [-0.2, -0.15) is 5.10 Å². The van der Waals surface area contributed by atoms with Gasteiger partial charge in [0.15, 0.2) is 5.78 Å². The van der Waals surface area contributed by atoms with E-state index in [0.29, 0.717) is 12.1 Å². The van der Waals surface area contributed by atoms with Crippen molar-refractivity contribution in [1.82, 2.24) is 20.1 Å². The van der Waals surface area contributed by atoms with Crippen LogP contribution in [0.2, 0.25) is 5.02 Å². The molecule has 2 N–H and O–H groups in total. The summed E-state index contributed by atoms with van der Waals surface area (Å²) in [4.78, 5) is 17.1. The molecule has 6 heteroatoms. The van der Waals surface area contributed by atoms with E-state index < -0.39 is 6.04 Å². The molecule has 5 nitrogen and oxygen atoms in total. The minimum absolute atomic E-state index is 0.0339. The number of aromatic nitrogens is 3. The van der Waals surface area contributed by atoms with E-state index in [4.69, 9.17) is 11.6 Å². The maximum atomic E-state index is 13.8. The van der Waals surface area contributed by atoms with Gasteiger partial charge in [-0.15, -0.1) is 0 Å². The summed E-state index contributed by atoms with van der Waals surface area (Å²) in [5.74, 6) is 0.0339. The summed E-state index contributed by atoms with van der Waals surface area (Å²) in [6, 6.07) is 21.6. The number of benzene rings is 3. The van der Waals surface area contributed by atoms with Crippen molar-refractivity contribution in [2.24, 2.45) is 7.05 Å². The van der Waals surface area contributed by atoms with Crippen molar-refractivity contribution in [2.75, 3.05) is 6.54 Å². The summed E-state index contributed by atoms with van der Waals surface area (Å²) < 4.78 is 1.78. The number of Topliss-reactive ketones (excluding diaryl/α,β-unsaturated/α-hetero) is 1. The van der Waals surface area contributed by atoms with Gasteiger partial charge in [-0.05, 0) is 47.7 Å². The molecule has 176 valence electrons. The fourth-order valence-corrected chi connectivity index (χ4v) is 4.78. The zero-order valence-corrected chi connectivity index (χ0v) is 20.5. The summed E-state index contributed by atoms with van der Waals surface area (Å²) in [6.07, 6.45) is 6.37. The SMILES string of the molecule is Cc1ccc(CCN[C@H](C(=O)c2c[nH]c3cc(-c4cnn(C)c4)ccc23)c2ccccc2)c(Cl)c1. The van der Waals surface area contributed by atoms with Crippen molar-refractivity contribution >= 4 is 28.3 Å². The summed E-state index contributed by atoms with van der Waals surface area (Å²) >= 11 is 6.43. The quantitative estimate of drug-likeness (QED) is 0.255. The van der Waals surface area contributed by atoms with Crippen LogP contribution in [0.15, 0.2) is 85.3 Å². The third kappa shape index (κ3) is 4.92. The normalized spacial score (nSPS) is 12.2. The number of nitrogens with one attached hydrogen (secondary N) is 2. The number of hydrogen-bond donors (Lipinski definition) is 2. The first-order valence-corrected chi connectivity index (χ1v) is 12.0. The fraction of sp³-hybridized carbons (Fsp3) is 0.172. The van der Waals surface area contributed by atoms with Gasteiger partial charge in [0, 0.05) is 53.0 Å². The Balaban J connectivity index is 1.41. The standard InChI is InChI=1S/C29H27ClN4O/c1-19-8-9-20(26(30)14-19)12-13-31-28(21-6-4-3-5-7-21)29(35)25-17-32-27-15-22(10-11-24(25)27)23-16-33-34(2)18-23/h3-11,14-18,28,31-32H,12-13H2,1-2H3/t28-/m0/s1. The van der Waals surface area contributed by atoms with E-state index in [1.165, 1.54) is 0 Å². The van der Waals surface area contributed by atoms with Gasteiger partial charge in [0.05, 0.1) is 12.2 Å². The highest BCUT2D eigenvalue weighted by Crippen LogP contribution is 2.29. The van der Waals surface area contributed by atoms with Gasteiger partial charge in [0.2, 0.25) is 0 Å². The fourth-order valence-electron chi connectivity index (χ4n) is 4.45. The second-order valence-corrected chi connectivity index (χ2v) is 9.28. The molecule has 0 amide bonds. The molecule has 5 rings (SSSR count). The molecular formula is C29H27ClN4O. The first-order chi connectivity index (χ1) is 17.0.